The van der Waals surface area contributed by atoms with Gasteiger partial charge in [0.15, 0.2) is 0 Å². The first kappa shape index (κ1) is 19.3. The first-order valence-corrected chi connectivity index (χ1v) is 11.4. The molecule has 2 heterocycles. The minimum absolute atomic E-state index is 0.200. The highest BCUT2D eigenvalue weighted by molar-refractivity contribution is 5.51. The molecule has 1 saturated carbocycles. The Morgan fingerprint density at radius 3 is 2.07 bits per heavy atom. The number of hydrogen-bond acceptors (Lipinski definition) is 3. The van der Waals surface area contributed by atoms with Crippen molar-refractivity contribution in [3.8, 4) is 0 Å². The third kappa shape index (κ3) is 4.05. The maximum absolute atomic E-state index is 6.03. The molecule has 0 amide bonds. The molecule has 3 heteroatoms. The van der Waals surface area contributed by atoms with Gasteiger partial charge in [0.05, 0.1) is 11.6 Å². The Hall–Kier alpha value is -1.06. The highest BCUT2D eigenvalue weighted by Crippen LogP contribution is 2.43. The molecule has 2 saturated heterocycles. The second-order valence-electron chi connectivity index (χ2n) is 8.99. The lowest BCUT2D eigenvalue weighted by Gasteiger charge is -2.50. The summed E-state index contributed by atoms with van der Waals surface area (Å²) in [6, 6.07) is 11.9. The van der Waals surface area contributed by atoms with Crippen molar-refractivity contribution in [2.24, 2.45) is 0 Å². The van der Waals surface area contributed by atoms with Crippen molar-refractivity contribution >= 4 is 5.69 Å². The highest BCUT2D eigenvalue weighted by atomic mass is 16.5. The minimum atomic E-state index is 0.200. The van der Waals surface area contributed by atoms with Gasteiger partial charge >= 0.3 is 0 Å². The van der Waals surface area contributed by atoms with E-state index in [9.17, 15) is 0 Å². The van der Waals surface area contributed by atoms with E-state index in [0.717, 1.165) is 19.0 Å². The standard InChI is InChI=1S/C24H38N2O/c1-27-23-15-18-26(22-13-9-6-10-14-22)24(23)16-19-25(20-17-24)21-11-7-4-2-3-5-8-12-21/h6,9-10,13-14,21,23H,2-5,7-8,11-12,15-20H2,1H3. The summed E-state index contributed by atoms with van der Waals surface area (Å²) in [5.74, 6) is 0. The number of methoxy groups -OCH3 is 1. The van der Waals surface area contributed by atoms with Gasteiger partial charge in [0.25, 0.3) is 0 Å². The van der Waals surface area contributed by atoms with Gasteiger partial charge in [-0.1, -0.05) is 56.7 Å². The molecule has 2 aliphatic heterocycles. The number of para-hydroxylation sites is 1. The van der Waals surface area contributed by atoms with Gasteiger partial charge in [-0.05, 0) is 44.2 Å². The quantitative estimate of drug-likeness (QED) is 0.723. The van der Waals surface area contributed by atoms with E-state index in [1.54, 1.807) is 0 Å². The number of rotatable bonds is 3. The zero-order chi connectivity index (χ0) is 18.5. The summed E-state index contributed by atoms with van der Waals surface area (Å²) < 4.78 is 6.03. The van der Waals surface area contributed by atoms with E-state index < -0.39 is 0 Å². The average molecular weight is 371 g/mol. The van der Waals surface area contributed by atoms with Crippen LogP contribution < -0.4 is 4.90 Å². The van der Waals surface area contributed by atoms with E-state index in [0.29, 0.717) is 6.10 Å². The molecule has 0 N–H and O–H groups in total. The van der Waals surface area contributed by atoms with Gasteiger partial charge in [0.2, 0.25) is 0 Å². The second kappa shape index (κ2) is 8.96. The first-order valence-electron chi connectivity index (χ1n) is 11.4. The van der Waals surface area contributed by atoms with Crippen molar-refractivity contribution in [1.82, 2.24) is 4.90 Å². The van der Waals surface area contributed by atoms with Gasteiger partial charge in [-0.3, -0.25) is 0 Å². The van der Waals surface area contributed by atoms with E-state index in [2.05, 4.69) is 40.1 Å². The van der Waals surface area contributed by atoms with E-state index in [4.69, 9.17) is 4.74 Å². The Labute approximate surface area is 166 Å². The second-order valence-corrected chi connectivity index (χ2v) is 8.99. The summed E-state index contributed by atoms with van der Waals surface area (Å²) in [6.07, 6.45) is 15.5. The Kier molecular flexibility index (Phi) is 6.39. The fourth-order valence-electron chi connectivity index (χ4n) is 6.09. The SMILES string of the molecule is COC1CCN(c2ccccc2)C12CCN(C1CCCCCCCC1)CC2. The number of hydrogen-bond donors (Lipinski definition) is 0. The normalized spacial score (nSPS) is 28.0. The van der Waals surface area contributed by atoms with Crippen molar-refractivity contribution in [2.45, 2.75) is 88.3 Å². The fraction of sp³-hybridized carbons (Fsp3) is 0.750. The van der Waals surface area contributed by atoms with Crippen LogP contribution in [0, 0.1) is 0 Å². The molecule has 1 aliphatic carbocycles. The lowest BCUT2D eigenvalue weighted by Crippen LogP contribution is -2.59. The van der Waals surface area contributed by atoms with E-state index in [-0.39, 0.29) is 5.54 Å². The monoisotopic (exact) mass is 370 g/mol. The molecule has 1 aromatic carbocycles. The molecule has 0 bridgehead atoms. The fourth-order valence-corrected chi connectivity index (χ4v) is 6.09. The van der Waals surface area contributed by atoms with Crippen LogP contribution in [0.25, 0.3) is 0 Å². The molecule has 4 rings (SSSR count). The molecule has 3 aliphatic rings. The van der Waals surface area contributed by atoms with Crippen molar-refractivity contribution in [3.05, 3.63) is 30.3 Å². The molecule has 27 heavy (non-hydrogen) atoms. The molecule has 1 spiro atoms. The van der Waals surface area contributed by atoms with Crippen LogP contribution in [0.4, 0.5) is 5.69 Å². The van der Waals surface area contributed by atoms with Crippen LogP contribution in [0.15, 0.2) is 30.3 Å². The smallest absolute Gasteiger partial charge is 0.0820 e. The van der Waals surface area contributed by atoms with Crippen LogP contribution in [0.2, 0.25) is 0 Å². The number of likely N-dealkylation sites (tertiary alicyclic amines) is 1. The van der Waals surface area contributed by atoms with E-state index in [1.807, 2.05) is 7.11 Å². The number of benzene rings is 1. The molecular formula is C24H38N2O. The van der Waals surface area contributed by atoms with Crippen LogP contribution in [-0.2, 0) is 4.74 Å². The molecule has 3 fully saturated rings. The number of piperidine rings is 1. The lowest BCUT2D eigenvalue weighted by molar-refractivity contribution is 0.0101. The Morgan fingerprint density at radius 1 is 0.815 bits per heavy atom. The van der Waals surface area contributed by atoms with Crippen LogP contribution in [0.1, 0.15) is 70.6 Å². The van der Waals surface area contributed by atoms with Crippen LogP contribution >= 0.6 is 0 Å². The minimum Gasteiger partial charge on any atom is -0.379 e. The molecule has 1 atom stereocenters. The highest BCUT2D eigenvalue weighted by Gasteiger charge is 2.51. The summed E-state index contributed by atoms with van der Waals surface area (Å²) in [6.45, 7) is 3.62. The number of nitrogens with zero attached hydrogens (tertiary/aromatic N) is 2. The topological polar surface area (TPSA) is 15.7 Å². The molecule has 0 aromatic heterocycles. The van der Waals surface area contributed by atoms with Crippen LogP contribution in [0.3, 0.4) is 0 Å². The summed E-state index contributed by atoms with van der Waals surface area (Å²) in [4.78, 5) is 5.52. The molecule has 150 valence electrons. The predicted molar refractivity (Wildman–Crippen MR) is 113 cm³/mol. The maximum Gasteiger partial charge on any atom is 0.0820 e. The largest absolute Gasteiger partial charge is 0.379 e. The summed E-state index contributed by atoms with van der Waals surface area (Å²) in [5.41, 5.74) is 1.58. The van der Waals surface area contributed by atoms with Crippen LogP contribution in [-0.4, -0.2) is 49.3 Å². The van der Waals surface area contributed by atoms with Crippen molar-refractivity contribution in [2.75, 3.05) is 31.6 Å². The zero-order valence-corrected chi connectivity index (χ0v) is 17.2. The van der Waals surface area contributed by atoms with Gasteiger partial charge in [-0.2, -0.15) is 0 Å². The Balaban J connectivity index is 1.46. The van der Waals surface area contributed by atoms with Gasteiger partial charge in [-0.15, -0.1) is 0 Å². The van der Waals surface area contributed by atoms with Gasteiger partial charge < -0.3 is 14.5 Å². The third-order valence-corrected chi connectivity index (χ3v) is 7.61. The molecule has 3 nitrogen and oxygen atoms in total. The maximum atomic E-state index is 6.03. The van der Waals surface area contributed by atoms with Gasteiger partial charge in [0, 0.05) is 38.5 Å². The first-order chi connectivity index (χ1) is 13.3. The molecule has 1 aromatic rings. The summed E-state index contributed by atoms with van der Waals surface area (Å²) in [5, 5.41) is 0. The lowest BCUT2D eigenvalue weighted by atomic mass is 9.81. The van der Waals surface area contributed by atoms with Crippen LogP contribution in [0.5, 0.6) is 0 Å². The van der Waals surface area contributed by atoms with Gasteiger partial charge in [-0.25, -0.2) is 0 Å². The number of anilines is 1. The third-order valence-electron chi connectivity index (χ3n) is 7.61. The number of ether oxygens (including phenoxy) is 1. The van der Waals surface area contributed by atoms with Crippen molar-refractivity contribution in [3.63, 3.8) is 0 Å². The molecular weight excluding hydrogens is 332 g/mol. The summed E-state index contributed by atoms with van der Waals surface area (Å²) in [7, 11) is 1.92. The predicted octanol–water partition coefficient (Wildman–Crippen LogP) is 5.25. The van der Waals surface area contributed by atoms with Crippen molar-refractivity contribution < 1.29 is 4.74 Å². The average Bonchev–Trinajstić information content (AvgIpc) is 3.13. The summed E-state index contributed by atoms with van der Waals surface area (Å²) >= 11 is 0. The van der Waals surface area contributed by atoms with E-state index >= 15 is 0 Å². The van der Waals surface area contributed by atoms with Crippen molar-refractivity contribution in [1.29, 1.82) is 0 Å². The van der Waals surface area contributed by atoms with Gasteiger partial charge in [0.1, 0.15) is 0 Å². The Bertz CT molecular complexity index is 557. The molecule has 1 unspecified atom stereocenters. The van der Waals surface area contributed by atoms with E-state index in [1.165, 1.54) is 83.0 Å². The zero-order valence-electron chi connectivity index (χ0n) is 17.2. The Morgan fingerprint density at radius 2 is 1.44 bits per heavy atom. The molecule has 0 radical (unpaired) electrons.